The minimum atomic E-state index is -0.255. The maximum absolute atomic E-state index is 12.8. The van der Waals surface area contributed by atoms with E-state index in [1.807, 2.05) is 0 Å². The van der Waals surface area contributed by atoms with Crippen molar-refractivity contribution in [2.24, 2.45) is 0 Å². The number of fused-ring (bicyclic) bond motifs is 1. The molecule has 106 valence electrons. The highest BCUT2D eigenvalue weighted by Gasteiger charge is 2.36. The minimum Gasteiger partial charge on any atom is -0.382 e. The zero-order chi connectivity index (χ0) is 14.2. The van der Waals surface area contributed by atoms with Crippen molar-refractivity contribution in [2.75, 3.05) is 13.7 Å². The number of methoxy groups -OCH3 is 1. The van der Waals surface area contributed by atoms with Crippen LogP contribution in [0.3, 0.4) is 0 Å². The molecule has 1 heterocycles. The van der Waals surface area contributed by atoms with Crippen LogP contribution in [0.25, 0.3) is 10.9 Å². The number of rotatable bonds is 3. The first-order chi connectivity index (χ1) is 9.66. The third-order valence-electron chi connectivity index (χ3n) is 4.18. The van der Waals surface area contributed by atoms with Crippen molar-refractivity contribution in [1.82, 2.24) is 9.55 Å². The number of hydrogen-bond donors (Lipinski definition) is 0. The predicted molar refractivity (Wildman–Crippen MR) is 79.3 cm³/mol. The molecule has 0 spiro atoms. The number of halogens is 1. The summed E-state index contributed by atoms with van der Waals surface area (Å²) in [5, 5.41) is 1.13. The van der Waals surface area contributed by atoms with Crippen molar-refractivity contribution < 1.29 is 4.74 Å². The molecule has 1 fully saturated rings. The molecule has 0 atom stereocenters. The van der Waals surface area contributed by atoms with E-state index < -0.39 is 0 Å². The average molecular weight is 293 g/mol. The molecule has 1 aliphatic rings. The fourth-order valence-electron chi connectivity index (χ4n) is 3.19. The van der Waals surface area contributed by atoms with Crippen LogP contribution >= 0.6 is 11.6 Å². The summed E-state index contributed by atoms with van der Waals surface area (Å²) in [6.45, 7) is 0.542. The van der Waals surface area contributed by atoms with Crippen LogP contribution < -0.4 is 5.56 Å². The van der Waals surface area contributed by atoms with Gasteiger partial charge in [-0.05, 0) is 31.0 Å². The van der Waals surface area contributed by atoms with Crippen LogP contribution in [0.5, 0.6) is 0 Å². The number of benzene rings is 1. The Morgan fingerprint density at radius 3 is 2.85 bits per heavy atom. The monoisotopic (exact) mass is 292 g/mol. The molecule has 3 rings (SSSR count). The molecule has 0 radical (unpaired) electrons. The molecule has 0 amide bonds. The number of aromatic nitrogens is 2. The Labute approximate surface area is 122 Å². The second-order valence-electron chi connectivity index (χ2n) is 5.45. The third-order valence-corrected chi connectivity index (χ3v) is 4.41. The fraction of sp³-hybridized carbons (Fsp3) is 0.467. The molecular formula is C15H17ClN2O2. The van der Waals surface area contributed by atoms with Gasteiger partial charge >= 0.3 is 0 Å². The van der Waals surface area contributed by atoms with Gasteiger partial charge in [0.2, 0.25) is 0 Å². The summed E-state index contributed by atoms with van der Waals surface area (Å²) in [7, 11) is 1.68. The standard InChI is InChI=1S/C15H17ClN2O2/c1-20-9-15(6-2-3-7-15)18-10-17-13-5-4-11(16)8-12(13)14(18)19/h4-5,8,10H,2-3,6-7,9H2,1H3. The summed E-state index contributed by atoms with van der Waals surface area (Å²) >= 11 is 6.00. The van der Waals surface area contributed by atoms with E-state index in [1.54, 1.807) is 36.2 Å². The highest BCUT2D eigenvalue weighted by molar-refractivity contribution is 6.31. The molecular weight excluding hydrogens is 276 g/mol. The first-order valence-corrected chi connectivity index (χ1v) is 7.20. The van der Waals surface area contributed by atoms with Gasteiger partial charge in [0.25, 0.3) is 5.56 Å². The number of hydrogen-bond acceptors (Lipinski definition) is 3. The molecule has 20 heavy (non-hydrogen) atoms. The Hall–Kier alpha value is -1.39. The lowest BCUT2D eigenvalue weighted by Crippen LogP contribution is -2.42. The Kier molecular flexibility index (Phi) is 3.52. The van der Waals surface area contributed by atoms with E-state index in [0.29, 0.717) is 22.5 Å². The van der Waals surface area contributed by atoms with Crippen molar-refractivity contribution in [3.05, 3.63) is 39.9 Å². The first kappa shape index (κ1) is 13.6. The van der Waals surface area contributed by atoms with Gasteiger partial charge in [0, 0.05) is 12.1 Å². The molecule has 4 nitrogen and oxygen atoms in total. The van der Waals surface area contributed by atoms with Crippen molar-refractivity contribution in [3.8, 4) is 0 Å². The summed E-state index contributed by atoms with van der Waals surface area (Å²) in [6, 6.07) is 5.22. The molecule has 1 aliphatic carbocycles. The van der Waals surface area contributed by atoms with E-state index in [0.717, 1.165) is 25.7 Å². The van der Waals surface area contributed by atoms with Gasteiger partial charge in [0.15, 0.2) is 0 Å². The van der Waals surface area contributed by atoms with Crippen LogP contribution in [-0.2, 0) is 10.3 Å². The second kappa shape index (κ2) is 5.19. The van der Waals surface area contributed by atoms with E-state index >= 15 is 0 Å². The van der Waals surface area contributed by atoms with Gasteiger partial charge in [-0.2, -0.15) is 0 Å². The molecule has 1 aromatic heterocycles. The Morgan fingerprint density at radius 2 is 2.15 bits per heavy atom. The van der Waals surface area contributed by atoms with Crippen LogP contribution in [0, 0.1) is 0 Å². The molecule has 0 aliphatic heterocycles. The second-order valence-corrected chi connectivity index (χ2v) is 5.88. The lowest BCUT2D eigenvalue weighted by Gasteiger charge is -2.30. The lowest BCUT2D eigenvalue weighted by atomic mass is 9.98. The van der Waals surface area contributed by atoms with Gasteiger partial charge in [-0.25, -0.2) is 4.98 Å². The highest BCUT2D eigenvalue weighted by atomic mass is 35.5. The molecule has 2 aromatic rings. The van der Waals surface area contributed by atoms with Gasteiger partial charge < -0.3 is 4.74 Å². The van der Waals surface area contributed by atoms with Crippen molar-refractivity contribution >= 4 is 22.5 Å². The van der Waals surface area contributed by atoms with E-state index in [-0.39, 0.29) is 11.1 Å². The van der Waals surface area contributed by atoms with Crippen molar-refractivity contribution in [3.63, 3.8) is 0 Å². The number of ether oxygens (including phenoxy) is 1. The molecule has 1 saturated carbocycles. The summed E-state index contributed by atoms with van der Waals surface area (Å²) in [5.74, 6) is 0. The Morgan fingerprint density at radius 1 is 1.40 bits per heavy atom. The maximum atomic E-state index is 12.8. The summed E-state index contributed by atoms with van der Waals surface area (Å²) < 4.78 is 7.11. The summed E-state index contributed by atoms with van der Waals surface area (Å²) in [5.41, 5.74) is 0.396. The smallest absolute Gasteiger partial charge is 0.261 e. The van der Waals surface area contributed by atoms with Crippen LogP contribution in [0.15, 0.2) is 29.3 Å². The van der Waals surface area contributed by atoms with Gasteiger partial charge in [-0.3, -0.25) is 9.36 Å². The summed E-state index contributed by atoms with van der Waals surface area (Å²) in [4.78, 5) is 17.2. The number of nitrogens with zero attached hydrogens (tertiary/aromatic N) is 2. The topological polar surface area (TPSA) is 44.1 Å². The zero-order valence-electron chi connectivity index (χ0n) is 11.4. The van der Waals surface area contributed by atoms with E-state index in [4.69, 9.17) is 16.3 Å². The van der Waals surface area contributed by atoms with Gasteiger partial charge in [-0.1, -0.05) is 24.4 Å². The van der Waals surface area contributed by atoms with Gasteiger partial charge in [0.05, 0.1) is 29.4 Å². The van der Waals surface area contributed by atoms with E-state index in [9.17, 15) is 4.79 Å². The SMILES string of the molecule is COCC1(n2cnc3ccc(Cl)cc3c2=O)CCCC1. The molecule has 0 saturated heterocycles. The van der Waals surface area contributed by atoms with Crippen molar-refractivity contribution in [2.45, 2.75) is 31.2 Å². The van der Waals surface area contributed by atoms with Crippen LogP contribution in [0.1, 0.15) is 25.7 Å². The van der Waals surface area contributed by atoms with Gasteiger partial charge in [0.1, 0.15) is 0 Å². The quantitative estimate of drug-likeness (QED) is 0.873. The third kappa shape index (κ3) is 2.13. The largest absolute Gasteiger partial charge is 0.382 e. The van der Waals surface area contributed by atoms with Gasteiger partial charge in [-0.15, -0.1) is 0 Å². The fourth-order valence-corrected chi connectivity index (χ4v) is 3.36. The van der Waals surface area contributed by atoms with E-state index in [1.165, 1.54) is 0 Å². The Balaban J connectivity index is 2.21. The predicted octanol–water partition coefficient (Wildman–Crippen LogP) is 2.97. The lowest BCUT2D eigenvalue weighted by molar-refractivity contribution is 0.0868. The highest BCUT2D eigenvalue weighted by Crippen LogP contribution is 2.36. The van der Waals surface area contributed by atoms with Crippen LogP contribution in [0.4, 0.5) is 0 Å². The molecule has 0 bridgehead atoms. The normalized spacial score (nSPS) is 17.7. The van der Waals surface area contributed by atoms with E-state index in [2.05, 4.69) is 4.98 Å². The molecule has 0 N–H and O–H groups in total. The first-order valence-electron chi connectivity index (χ1n) is 6.83. The average Bonchev–Trinajstić information content (AvgIpc) is 2.90. The maximum Gasteiger partial charge on any atom is 0.261 e. The summed E-state index contributed by atoms with van der Waals surface area (Å²) in [6.07, 6.45) is 5.79. The Bertz CT molecular complexity index is 690. The zero-order valence-corrected chi connectivity index (χ0v) is 12.2. The van der Waals surface area contributed by atoms with Crippen LogP contribution in [0.2, 0.25) is 5.02 Å². The van der Waals surface area contributed by atoms with Crippen molar-refractivity contribution in [1.29, 1.82) is 0 Å². The molecule has 1 aromatic carbocycles. The molecule has 5 heteroatoms. The molecule has 0 unspecified atom stereocenters. The minimum absolute atomic E-state index is 0.0311. The van der Waals surface area contributed by atoms with Crippen LogP contribution in [-0.4, -0.2) is 23.3 Å².